The zero-order chi connectivity index (χ0) is 12.7. The maximum absolute atomic E-state index is 10.8. The number of hydrogen-bond acceptors (Lipinski definition) is 4. The van der Waals surface area contributed by atoms with Gasteiger partial charge in [0, 0.05) is 33.1 Å². The van der Waals surface area contributed by atoms with E-state index in [1.165, 1.54) is 6.92 Å². The van der Waals surface area contributed by atoms with Gasteiger partial charge < -0.3 is 9.64 Å². The van der Waals surface area contributed by atoms with E-state index in [2.05, 4.69) is 28.7 Å². The van der Waals surface area contributed by atoms with Gasteiger partial charge in [0.2, 0.25) is 0 Å². The Morgan fingerprint density at radius 3 is 2.53 bits per heavy atom. The normalized spacial score (nSPS) is 19.2. The Morgan fingerprint density at radius 1 is 1.35 bits per heavy atom. The van der Waals surface area contributed by atoms with Gasteiger partial charge in [-0.15, -0.1) is 0 Å². The molecule has 0 aliphatic carbocycles. The van der Waals surface area contributed by atoms with Gasteiger partial charge in [0.15, 0.2) is 6.10 Å². The van der Waals surface area contributed by atoms with Gasteiger partial charge in [-0.2, -0.15) is 0 Å². The van der Waals surface area contributed by atoms with Crippen LogP contribution in [0, 0.1) is 11.8 Å². The molecule has 0 amide bonds. The van der Waals surface area contributed by atoms with Gasteiger partial charge in [-0.05, 0) is 13.5 Å². The van der Waals surface area contributed by atoms with E-state index in [9.17, 15) is 4.79 Å². The van der Waals surface area contributed by atoms with E-state index >= 15 is 0 Å². The Morgan fingerprint density at radius 2 is 2.00 bits per heavy atom. The number of carbonyl (C=O) groups is 1. The summed E-state index contributed by atoms with van der Waals surface area (Å²) in [5, 5.41) is 0. The van der Waals surface area contributed by atoms with Gasteiger partial charge in [0.05, 0.1) is 6.54 Å². The van der Waals surface area contributed by atoms with Crippen LogP contribution in [-0.4, -0.2) is 61.6 Å². The van der Waals surface area contributed by atoms with Crippen molar-refractivity contribution in [2.45, 2.75) is 26.4 Å². The van der Waals surface area contributed by atoms with Crippen LogP contribution in [0.15, 0.2) is 0 Å². The third kappa shape index (κ3) is 5.71. The zero-order valence-corrected chi connectivity index (χ0v) is 11.0. The van der Waals surface area contributed by atoms with Gasteiger partial charge in [-0.25, -0.2) is 0 Å². The maximum Gasteiger partial charge on any atom is 0.303 e. The third-order valence-electron chi connectivity index (χ3n) is 2.84. The highest BCUT2D eigenvalue weighted by molar-refractivity contribution is 5.66. The largest absolute Gasteiger partial charge is 0.449 e. The fraction of sp³-hybridized carbons (Fsp3) is 0.769. The lowest BCUT2D eigenvalue weighted by molar-refractivity contribution is -0.143. The Kier molecular flexibility index (Phi) is 6.03. The highest BCUT2D eigenvalue weighted by atomic mass is 16.5. The molecule has 0 bridgehead atoms. The van der Waals surface area contributed by atoms with Crippen molar-refractivity contribution >= 4 is 5.97 Å². The fourth-order valence-electron chi connectivity index (χ4n) is 1.69. The molecule has 4 heteroatoms. The first-order valence-electron chi connectivity index (χ1n) is 6.18. The van der Waals surface area contributed by atoms with Crippen molar-refractivity contribution in [2.24, 2.45) is 0 Å². The van der Waals surface area contributed by atoms with Crippen LogP contribution in [-0.2, 0) is 9.53 Å². The number of rotatable bonds is 3. The van der Waals surface area contributed by atoms with Crippen molar-refractivity contribution in [3.63, 3.8) is 0 Å². The molecule has 96 valence electrons. The SMILES string of the molecule is CCC(C#CCN1CCN(C)CC1)OC(C)=O. The average molecular weight is 238 g/mol. The third-order valence-corrected chi connectivity index (χ3v) is 2.84. The summed E-state index contributed by atoms with van der Waals surface area (Å²) in [6.07, 6.45) is 0.495. The van der Waals surface area contributed by atoms with E-state index < -0.39 is 0 Å². The minimum absolute atomic E-state index is 0.250. The molecule has 0 saturated carbocycles. The molecule has 1 fully saturated rings. The summed E-state index contributed by atoms with van der Waals surface area (Å²) < 4.78 is 5.07. The Balaban J connectivity index is 2.31. The predicted molar refractivity (Wildman–Crippen MR) is 67.6 cm³/mol. The van der Waals surface area contributed by atoms with Crippen molar-refractivity contribution in [3.05, 3.63) is 0 Å². The highest BCUT2D eigenvalue weighted by Crippen LogP contribution is 1.99. The quantitative estimate of drug-likeness (QED) is 0.532. The van der Waals surface area contributed by atoms with Gasteiger partial charge in [-0.3, -0.25) is 9.69 Å². The summed E-state index contributed by atoms with van der Waals surface area (Å²) in [5.41, 5.74) is 0. The summed E-state index contributed by atoms with van der Waals surface area (Å²) in [6.45, 7) is 8.49. The zero-order valence-electron chi connectivity index (χ0n) is 11.0. The second kappa shape index (κ2) is 7.31. The number of piperazine rings is 1. The summed E-state index contributed by atoms with van der Waals surface area (Å²) >= 11 is 0. The van der Waals surface area contributed by atoms with Crippen LogP contribution in [0.25, 0.3) is 0 Å². The number of nitrogens with zero attached hydrogens (tertiary/aromatic N) is 2. The van der Waals surface area contributed by atoms with Crippen LogP contribution in [0.1, 0.15) is 20.3 Å². The monoisotopic (exact) mass is 238 g/mol. The molecule has 1 saturated heterocycles. The first kappa shape index (κ1) is 14.0. The molecule has 1 rings (SSSR count). The molecule has 1 unspecified atom stereocenters. The molecule has 4 nitrogen and oxygen atoms in total. The number of likely N-dealkylation sites (N-methyl/N-ethyl adjacent to an activating group) is 1. The second-order valence-corrected chi connectivity index (χ2v) is 4.41. The van der Waals surface area contributed by atoms with Crippen molar-refractivity contribution in [1.82, 2.24) is 9.80 Å². The van der Waals surface area contributed by atoms with Crippen LogP contribution in [0.5, 0.6) is 0 Å². The minimum atomic E-state index is -0.259. The van der Waals surface area contributed by atoms with E-state index in [1.54, 1.807) is 0 Å². The Hall–Kier alpha value is -1.05. The molecule has 0 spiro atoms. The minimum Gasteiger partial charge on any atom is -0.449 e. The molecule has 0 N–H and O–H groups in total. The molecule has 1 heterocycles. The lowest BCUT2D eigenvalue weighted by Gasteiger charge is -2.30. The lowest BCUT2D eigenvalue weighted by Crippen LogP contribution is -2.44. The van der Waals surface area contributed by atoms with Crippen molar-refractivity contribution in [3.8, 4) is 11.8 Å². The molecule has 1 atom stereocenters. The molecule has 1 aliphatic rings. The predicted octanol–water partition coefficient (Wildman–Crippen LogP) is 0.579. The average Bonchev–Trinajstić information content (AvgIpc) is 2.30. The molecule has 0 aromatic heterocycles. The number of carbonyl (C=O) groups excluding carboxylic acids is 1. The van der Waals surface area contributed by atoms with Crippen LogP contribution in [0.4, 0.5) is 0 Å². The summed E-state index contributed by atoms with van der Waals surface area (Å²) in [6, 6.07) is 0. The Bertz CT molecular complexity index is 298. The summed E-state index contributed by atoms with van der Waals surface area (Å²) in [4.78, 5) is 15.5. The van der Waals surface area contributed by atoms with Crippen LogP contribution in [0.2, 0.25) is 0 Å². The summed E-state index contributed by atoms with van der Waals surface area (Å²) in [7, 11) is 2.14. The maximum atomic E-state index is 10.8. The Labute approximate surface area is 104 Å². The van der Waals surface area contributed by atoms with Crippen LogP contribution >= 0.6 is 0 Å². The van der Waals surface area contributed by atoms with E-state index in [-0.39, 0.29) is 12.1 Å². The first-order valence-corrected chi connectivity index (χ1v) is 6.18. The van der Waals surface area contributed by atoms with Gasteiger partial charge in [0.1, 0.15) is 0 Å². The molecular formula is C13H22N2O2. The number of hydrogen-bond donors (Lipinski definition) is 0. The van der Waals surface area contributed by atoms with E-state index in [1.807, 2.05) is 6.92 Å². The van der Waals surface area contributed by atoms with E-state index in [0.29, 0.717) is 0 Å². The first-order chi connectivity index (χ1) is 8.11. The molecule has 17 heavy (non-hydrogen) atoms. The van der Waals surface area contributed by atoms with Crippen molar-refractivity contribution in [2.75, 3.05) is 39.8 Å². The number of esters is 1. The fourth-order valence-corrected chi connectivity index (χ4v) is 1.69. The van der Waals surface area contributed by atoms with E-state index in [0.717, 1.165) is 39.1 Å². The molecule has 0 aromatic rings. The van der Waals surface area contributed by atoms with Crippen molar-refractivity contribution in [1.29, 1.82) is 0 Å². The van der Waals surface area contributed by atoms with Crippen LogP contribution in [0.3, 0.4) is 0 Å². The van der Waals surface area contributed by atoms with Gasteiger partial charge in [-0.1, -0.05) is 18.8 Å². The molecule has 0 radical (unpaired) electrons. The smallest absolute Gasteiger partial charge is 0.303 e. The molecule has 0 aromatic carbocycles. The number of ether oxygens (including phenoxy) is 1. The summed E-state index contributed by atoms with van der Waals surface area (Å²) in [5.74, 6) is 5.86. The molecule has 1 aliphatic heterocycles. The van der Waals surface area contributed by atoms with E-state index in [4.69, 9.17) is 4.74 Å². The topological polar surface area (TPSA) is 32.8 Å². The lowest BCUT2D eigenvalue weighted by atomic mass is 10.2. The van der Waals surface area contributed by atoms with Crippen LogP contribution < -0.4 is 0 Å². The van der Waals surface area contributed by atoms with Crippen molar-refractivity contribution < 1.29 is 9.53 Å². The molecular weight excluding hydrogens is 216 g/mol. The highest BCUT2D eigenvalue weighted by Gasteiger charge is 2.12. The standard InChI is InChI=1S/C13H22N2O2/c1-4-13(17-12(2)16)6-5-7-15-10-8-14(3)9-11-15/h13H,4,7-11H2,1-3H3. The second-order valence-electron chi connectivity index (χ2n) is 4.41. The van der Waals surface area contributed by atoms with Gasteiger partial charge >= 0.3 is 5.97 Å². The van der Waals surface area contributed by atoms with Gasteiger partial charge in [0.25, 0.3) is 0 Å².